The maximum Gasteiger partial charge on any atom is 0.228 e. The van der Waals surface area contributed by atoms with Gasteiger partial charge in [0.2, 0.25) is 9.70 Å². The van der Waals surface area contributed by atoms with Crippen LogP contribution in [0.15, 0.2) is 24.3 Å². The van der Waals surface area contributed by atoms with Gasteiger partial charge in [-0.3, -0.25) is 4.79 Å². The number of rotatable bonds is 4. The molecular formula is C12H11Cl3N3O3S-. The molecule has 0 saturated carbocycles. The van der Waals surface area contributed by atoms with Gasteiger partial charge in [0.05, 0.1) is 5.97 Å². The van der Waals surface area contributed by atoms with Gasteiger partial charge >= 0.3 is 0 Å². The van der Waals surface area contributed by atoms with E-state index in [1.54, 1.807) is 6.07 Å². The standard InChI is InChI=1S/C12H12Cl3N3O3S/c1-6(19)16-10(12(13,14)15)18-11(22)17-8-4-2-3-7(5-8)9(20)21/h2-5,10H,1H3,(H,16,19)(H,20,21)(H2,17,18,22)/p-1/t10-/m0/s1. The summed E-state index contributed by atoms with van der Waals surface area (Å²) in [5, 5.41) is 18.5. The number of hydrogen-bond acceptors (Lipinski definition) is 4. The van der Waals surface area contributed by atoms with E-state index in [1.807, 2.05) is 0 Å². The number of carbonyl (C=O) groups is 2. The Labute approximate surface area is 147 Å². The first-order chi connectivity index (χ1) is 10.1. The van der Waals surface area contributed by atoms with Crippen LogP contribution in [0.2, 0.25) is 0 Å². The van der Waals surface area contributed by atoms with Crippen LogP contribution in [0, 0.1) is 0 Å². The average Bonchev–Trinajstić information content (AvgIpc) is 2.36. The van der Waals surface area contributed by atoms with Gasteiger partial charge in [0.15, 0.2) is 5.11 Å². The van der Waals surface area contributed by atoms with Crippen LogP contribution in [0.25, 0.3) is 0 Å². The minimum atomic E-state index is -1.84. The Hall–Kier alpha value is -1.28. The summed E-state index contributed by atoms with van der Waals surface area (Å²) in [5.41, 5.74) is 0.373. The second-order valence-corrected chi connectivity index (χ2v) is 6.92. The smallest absolute Gasteiger partial charge is 0.228 e. The third-order valence-electron chi connectivity index (χ3n) is 2.31. The zero-order valence-electron chi connectivity index (χ0n) is 11.2. The Kier molecular flexibility index (Phi) is 6.67. The topological polar surface area (TPSA) is 93.3 Å². The van der Waals surface area contributed by atoms with E-state index in [1.165, 1.54) is 25.1 Å². The van der Waals surface area contributed by atoms with Gasteiger partial charge in [-0.15, -0.1) is 0 Å². The van der Waals surface area contributed by atoms with Crippen molar-refractivity contribution < 1.29 is 14.7 Å². The maximum absolute atomic E-state index is 11.1. The van der Waals surface area contributed by atoms with E-state index in [2.05, 4.69) is 16.0 Å². The van der Waals surface area contributed by atoms with E-state index in [0.717, 1.165) is 0 Å². The Bertz CT molecular complexity index is 592. The molecule has 1 aromatic carbocycles. The van der Waals surface area contributed by atoms with E-state index in [0.29, 0.717) is 5.69 Å². The number of aromatic carboxylic acids is 1. The van der Waals surface area contributed by atoms with Crippen molar-refractivity contribution in [3.05, 3.63) is 29.8 Å². The molecule has 10 heteroatoms. The zero-order chi connectivity index (χ0) is 16.9. The molecule has 1 aromatic rings. The first kappa shape index (κ1) is 18.8. The van der Waals surface area contributed by atoms with Crippen LogP contribution in [-0.2, 0) is 4.79 Å². The van der Waals surface area contributed by atoms with Crippen molar-refractivity contribution in [1.29, 1.82) is 0 Å². The van der Waals surface area contributed by atoms with E-state index >= 15 is 0 Å². The molecule has 0 unspecified atom stereocenters. The SMILES string of the molecule is CC(=O)N[C@@H](NC(=S)Nc1cccc(C(=O)[O-])c1)C(Cl)(Cl)Cl. The number of hydrogen-bond donors (Lipinski definition) is 3. The average molecular weight is 384 g/mol. The van der Waals surface area contributed by atoms with E-state index < -0.39 is 21.8 Å². The molecule has 0 aliphatic heterocycles. The molecule has 0 heterocycles. The molecule has 0 spiro atoms. The molecular weight excluding hydrogens is 373 g/mol. The monoisotopic (exact) mass is 382 g/mol. The summed E-state index contributed by atoms with van der Waals surface area (Å²) in [6.07, 6.45) is -1.07. The van der Waals surface area contributed by atoms with Gasteiger partial charge < -0.3 is 25.9 Å². The quantitative estimate of drug-likeness (QED) is 0.410. The third-order valence-corrected chi connectivity index (χ3v) is 3.18. The highest BCUT2D eigenvalue weighted by atomic mass is 35.6. The van der Waals surface area contributed by atoms with Crippen LogP contribution < -0.4 is 21.1 Å². The normalized spacial score (nSPS) is 12.2. The minimum absolute atomic E-state index is 0.0208. The molecule has 1 atom stereocenters. The molecule has 120 valence electrons. The molecule has 0 aromatic heterocycles. The minimum Gasteiger partial charge on any atom is -0.545 e. The molecule has 0 aliphatic rings. The molecule has 1 amide bonds. The van der Waals surface area contributed by atoms with Gasteiger partial charge in [-0.2, -0.15) is 0 Å². The third kappa shape index (κ3) is 6.23. The van der Waals surface area contributed by atoms with Crippen LogP contribution in [0.3, 0.4) is 0 Å². The maximum atomic E-state index is 11.1. The van der Waals surface area contributed by atoms with Gasteiger partial charge in [-0.25, -0.2) is 0 Å². The molecule has 1 rings (SSSR count). The zero-order valence-corrected chi connectivity index (χ0v) is 14.2. The Balaban J connectivity index is 2.77. The number of anilines is 1. The van der Waals surface area contributed by atoms with Crippen LogP contribution in [-0.4, -0.2) is 26.9 Å². The van der Waals surface area contributed by atoms with Crippen LogP contribution in [0.4, 0.5) is 5.69 Å². The number of carboxylic acid groups (broad SMARTS) is 1. The molecule has 22 heavy (non-hydrogen) atoms. The fourth-order valence-electron chi connectivity index (χ4n) is 1.43. The summed E-state index contributed by atoms with van der Waals surface area (Å²) >= 11 is 22.2. The second kappa shape index (κ2) is 7.82. The van der Waals surface area contributed by atoms with Gasteiger partial charge in [-0.1, -0.05) is 46.9 Å². The summed E-state index contributed by atoms with van der Waals surface area (Å²) in [7, 11) is 0. The summed E-state index contributed by atoms with van der Waals surface area (Å²) in [6.45, 7) is 1.25. The van der Waals surface area contributed by atoms with Crippen molar-refractivity contribution in [3.63, 3.8) is 0 Å². The Morgan fingerprint density at radius 2 is 1.91 bits per heavy atom. The lowest BCUT2D eigenvalue weighted by molar-refractivity contribution is -0.255. The molecule has 0 fully saturated rings. The lowest BCUT2D eigenvalue weighted by Gasteiger charge is -2.27. The van der Waals surface area contributed by atoms with Gasteiger partial charge in [0.25, 0.3) is 0 Å². The van der Waals surface area contributed by atoms with Crippen molar-refractivity contribution in [2.75, 3.05) is 5.32 Å². The second-order valence-electron chi connectivity index (χ2n) is 4.14. The number of amides is 1. The number of carboxylic acids is 1. The highest BCUT2D eigenvalue weighted by Gasteiger charge is 2.33. The van der Waals surface area contributed by atoms with Gasteiger partial charge in [0.1, 0.15) is 6.17 Å². The highest BCUT2D eigenvalue weighted by Crippen LogP contribution is 2.29. The summed E-state index contributed by atoms with van der Waals surface area (Å²) in [4.78, 5) is 21.9. The highest BCUT2D eigenvalue weighted by molar-refractivity contribution is 7.80. The molecule has 0 bridgehead atoms. The number of nitrogens with one attached hydrogen (secondary N) is 3. The van der Waals surface area contributed by atoms with E-state index in [9.17, 15) is 14.7 Å². The predicted molar refractivity (Wildman–Crippen MR) is 88.0 cm³/mol. The van der Waals surface area contributed by atoms with Crippen molar-refractivity contribution in [2.45, 2.75) is 16.9 Å². The number of thiocarbonyl (C=S) groups is 1. The number of alkyl halides is 3. The molecule has 0 radical (unpaired) electrons. The summed E-state index contributed by atoms with van der Waals surface area (Å²) in [5.74, 6) is -1.74. The van der Waals surface area contributed by atoms with Gasteiger partial charge in [-0.05, 0) is 29.9 Å². The molecule has 6 nitrogen and oxygen atoms in total. The lowest BCUT2D eigenvalue weighted by atomic mass is 10.2. The molecule has 3 N–H and O–H groups in total. The fourth-order valence-corrected chi connectivity index (χ4v) is 1.99. The van der Waals surface area contributed by atoms with E-state index in [-0.39, 0.29) is 10.7 Å². The number of halogens is 3. The summed E-state index contributed by atoms with van der Waals surface area (Å²) in [6, 6.07) is 5.80. The molecule has 0 aliphatic carbocycles. The van der Waals surface area contributed by atoms with Crippen molar-refractivity contribution in [2.24, 2.45) is 0 Å². The van der Waals surface area contributed by atoms with E-state index in [4.69, 9.17) is 47.0 Å². The fraction of sp³-hybridized carbons (Fsp3) is 0.250. The van der Waals surface area contributed by atoms with Crippen LogP contribution in [0.1, 0.15) is 17.3 Å². The first-order valence-electron chi connectivity index (χ1n) is 5.82. The van der Waals surface area contributed by atoms with Crippen molar-refractivity contribution in [3.8, 4) is 0 Å². The molecule has 0 saturated heterocycles. The number of benzene rings is 1. The van der Waals surface area contributed by atoms with Crippen molar-refractivity contribution >= 4 is 69.7 Å². The Morgan fingerprint density at radius 3 is 2.41 bits per heavy atom. The number of carbonyl (C=O) groups excluding carboxylic acids is 2. The van der Waals surface area contributed by atoms with Gasteiger partial charge in [0, 0.05) is 12.6 Å². The van der Waals surface area contributed by atoms with Crippen LogP contribution >= 0.6 is 47.0 Å². The first-order valence-corrected chi connectivity index (χ1v) is 7.36. The lowest BCUT2D eigenvalue weighted by Crippen LogP contribution is -2.55. The predicted octanol–water partition coefficient (Wildman–Crippen LogP) is 1.17. The largest absolute Gasteiger partial charge is 0.545 e. The van der Waals surface area contributed by atoms with Crippen LogP contribution in [0.5, 0.6) is 0 Å². The van der Waals surface area contributed by atoms with Crippen molar-refractivity contribution in [1.82, 2.24) is 10.6 Å². The summed E-state index contributed by atoms with van der Waals surface area (Å²) < 4.78 is -1.84. The Morgan fingerprint density at radius 1 is 1.27 bits per heavy atom.